The van der Waals surface area contributed by atoms with Crippen molar-refractivity contribution in [2.45, 2.75) is 25.2 Å². The summed E-state index contributed by atoms with van der Waals surface area (Å²) in [6, 6.07) is 8.75. The standard InChI is InChI=1S/C23H28F2N2O5.ClH/c1-29-19-17(22(28)27-12-4-10-23(24,25)14-27)13-18(20(30-2)21(19)31-3)32-16-7-5-15(6-8-16)9-11-26;/h5-8,13H,4,9-12,14,26H2,1-3H3;1H. The molecule has 1 saturated heterocycles. The van der Waals surface area contributed by atoms with Gasteiger partial charge in [-0.1, -0.05) is 12.1 Å². The fraction of sp³-hybridized carbons (Fsp3) is 0.435. The molecule has 0 radical (unpaired) electrons. The Morgan fingerprint density at radius 3 is 2.24 bits per heavy atom. The van der Waals surface area contributed by atoms with Crippen molar-refractivity contribution < 1.29 is 32.5 Å². The van der Waals surface area contributed by atoms with Crippen LogP contribution in [-0.4, -0.2) is 57.7 Å². The van der Waals surface area contributed by atoms with Gasteiger partial charge in [0.05, 0.1) is 33.4 Å². The third-order valence-corrected chi connectivity index (χ3v) is 5.26. The summed E-state index contributed by atoms with van der Waals surface area (Å²) in [7, 11) is 4.20. The van der Waals surface area contributed by atoms with E-state index in [1.54, 1.807) is 12.1 Å². The van der Waals surface area contributed by atoms with E-state index in [1.807, 2.05) is 12.1 Å². The number of hydrogen-bond donors (Lipinski definition) is 1. The number of nitrogens with two attached hydrogens (primary N) is 1. The summed E-state index contributed by atoms with van der Waals surface area (Å²) < 4.78 is 50.2. The van der Waals surface area contributed by atoms with E-state index in [1.165, 1.54) is 27.4 Å². The number of alkyl halides is 2. The molecule has 10 heteroatoms. The zero-order valence-corrected chi connectivity index (χ0v) is 19.7. The fourth-order valence-corrected chi connectivity index (χ4v) is 3.74. The topological polar surface area (TPSA) is 83.3 Å². The maximum Gasteiger partial charge on any atom is 0.265 e. The van der Waals surface area contributed by atoms with E-state index in [4.69, 9.17) is 24.7 Å². The number of methoxy groups -OCH3 is 3. The lowest BCUT2D eigenvalue weighted by molar-refractivity contribution is -0.0561. The van der Waals surface area contributed by atoms with Crippen molar-refractivity contribution in [1.82, 2.24) is 4.90 Å². The largest absolute Gasteiger partial charge is 0.492 e. The Morgan fingerprint density at radius 1 is 1.06 bits per heavy atom. The number of benzene rings is 2. The minimum absolute atomic E-state index is 0. The molecule has 3 rings (SSSR count). The minimum atomic E-state index is -2.93. The van der Waals surface area contributed by atoms with Crippen molar-refractivity contribution in [1.29, 1.82) is 0 Å². The van der Waals surface area contributed by atoms with Gasteiger partial charge in [-0.3, -0.25) is 4.79 Å². The molecule has 0 aliphatic carbocycles. The fourth-order valence-electron chi connectivity index (χ4n) is 3.74. The molecule has 1 amide bonds. The first-order valence-electron chi connectivity index (χ1n) is 10.3. The van der Waals surface area contributed by atoms with Crippen molar-refractivity contribution in [2.75, 3.05) is 41.0 Å². The Morgan fingerprint density at radius 2 is 1.70 bits per heavy atom. The van der Waals surface area contributed by atoms with E-state index in [9.17, 15) is 13.6 Å². The second-order valence-electron chi connectivity index (χ2n) is 7.49. The van der Waals surface area contributed by atoms with E-state index in [2.05, 4.69) is 0 Å². The molecule has 33 heavy (non-hydrogen) atoms. The van der Waals surface area contributed by atoms with Gasteiger partial charge in [-0.25, -0.2) is 8.78 Å². The lowest BCUT2D eigenvalue weighted by atomic mass is 10.0. The first kappa shape index (κ1) is 26.5. The first-order valence-corrected chi connectivity index (χ1v) is 10.3. The molecule has 1 fully saturated rings. The summed E-state index contributed by atoms with van der Waals surface area (Å²) in [5, 5.41) is 0. The summed E-state index contributed by atoms with van der Waals surface area (Å²) in [5.41, 5.74) is 6.70. The SMILES string of the molecule is COc1c(Oc2ccc(CCN)cc2)cc(C(=O)N2CCCC(F)(F)C2)c(OC)c1OC.Cl. The highest BCUT2D eigenvalue weighted by molar-refractivity contribution is 5.99. The van der Waals surface area contributed by atoms with E-state index in [-0.39, 0.29) is 60.4 Å². The molecule has 0 unspecified atom stereocenters. The molecule has 0 aromatic heterocycles. The maximum absolute atomic E-state index is 13.9. The van der Waals surface area contributed by atoms with Crippen molar-refractivity contribution in [2.24, 2.45) is 5.73 Å². The quantitative estimate of drug-likeness (QED) is 0.599. The van der Waals surface area contributed by atoms with Gasteiger partial charge in [0, 0.05) is 19.0 Å². The lowest BCUT2D eigenvalue weighted by Crippen LogP contribution is -2.45. The van der Waals surface area contributed by atoms with Gasteiger partial charge < -0.3 is 29.6 Å². The predicted molar refractivity (Wildman–Crippen MR) is 123 cm³/mol. The zero-order valence-electron chi connectivity index (χ0n) is 18.9. The average Bonchev–Trinajstić information content (AvgIpc) is 2.78. The molecule has 2 aromatic rings. The number of nitrogens with zero attached hydrogens (tertiary/aromatic N) is 1. The van der Waals surface area contributed by atoms with Gasteiger partial charge in [0.25, 0.3) is 11.8 Å². The van der Waals surface area contributed by atoms with E-state index in [0.717, 1.165) is 16.9 Å². The Hall–Kier alpha value is -2.78. The van der Waals surface area contributed by atoms with Gasteiger partial charge in [-0.2, -0.15) is 0 Å². The number of ether oxygens (including phenoxy) is 4. The van der Waals surface area contributed by atoms with Crippen LogP contribution in [0.15, 0.2) is 30.3 Å². The number of piperidine rings is 1. The Kier molecular flexibility index (Phi) is 9.13. The number of rotatable bonds is 8. The third kappa shape index (κ3) is 5.97. The van der Waals surface area contributed by atoms with Crippen LogP contribution in [0.1, 0.15) is 28.8 Å². The minimum Gasteiger partial charge on any atom is -0.492 e. The van der Waals surface area contributed by atoms with Crippen LogP contribution < -0.4 is 24.7 Å². The van der Waals surface area contributed by atoms with Crippen LogP contribution >= 0.6 is 12.4 Å². The predicted octanol–water partition coefficient (Wildman–Crippen LogP) is 4.30. The molecule has 0 atom stereocenters. The molecule has 0 saturated carbocycles. The van der Waals surface area contributed by atoms with Crippen LogP contribution in [-0.2, 0) is 6.42 Å². The molecule has 0 bridgehead atoms. The van der Waals surface area contributed by atoms with Crippen LogP contribution in [0.2, 0.25) is 0 Å². The normalized spacial score (nSPS) is 14.8. The molecule has 7 nitrogen and oxygen atoms in total. The van der Waals surface area contributed by atoms with Crippen molar-refractivity contribution in [3.63, 3.8) is 0 Å². The smallest absolute Gasteiger partial charge is 0.265 e. The maximum atomic E-state index is 13.9. The molecule has 182 valence electrons. The molecule has 2 aromatic carbocycles. The third-order valence-electron chi connectivity index (χ3n) is 5.26. The number of carbonyl (C=O) groups excluding carboxylic acids is 1. The number of amides is 1. The van der Waals surface area contributed by atoms with Crippen LogP contribution in [0, 0.1) is 0 Å². The number of halogens is 3. The van der Waals surface area contributed by atoms with Gasteiger partial charge in [0.1, 0.15) is 5.75 Å². The monoisotopic (exact) mass is 486 g/mol. The van der Waals surface area contributed by atoms with Crippen LogP contribution in [0.3, 0.4) is 0 Å². The van der Waals surface area contributed by atoms with Crippen molar-refractivity contribution in [3.8, 4) is 28.7 Å². The summed E-state index contributed by atoms with van der Waals surface area (Å²) >= 11 is 0. The van der Waals surface area contributed by atoms with E-state index < -0.39 is 18.4 Å². The van der Waals surface area contributed by atoms with Crippen LogP contribution in [0.25, 0.3) is 0 Å². The van der Waals surface area contributed by atoms with Crippen molar-refractivity contribution in [3.05, 3.63) is 41.5 Å². The highest BCUT2D eigenvalue weighted by Crippen LogP contribution is 2.48. The van der Waals surface area contributed by atoms with Crippen molar-refractivity contribution >= 4 is 18.3 Å². The Labute approximate surface area is 198 Å². The number of carbonyl (C=O) groups is 1. The van der Waals surface area contributed by atoms with E-state index >= 15 is 0 Å². The van der Waals surface area contributed by atoms with Gasteiger partial charge >= 0.3 is 0 Å². The summed E-state index contributed by atoms with van der Waals surface area (Å²) in [5.74, 6) is -2.38. The zero-order chi connectivity index (χ0) is 23.3. The van der Waals surface area contributed by atoms with Gasteiger partial charge in [-0.15, -0.1) is 12.4 Å². The van der Waals surface area contributed by atoms with Gasteiger partial charge in [0.15, 0.2) is 11.5 Å². The molecule has 0 spiro atoms. The summed E-state index contributed by atoms with van der Waals surface area (Å²) in [6.07, 6.45) is 0.709. The molecule has 1 heterocycles. The molecule has 1 aliphatic rings. The summed E-state index contributed by atoms with van der Waals surface area (Å²) in [4.78, 5) is 14.3. The average molecular weight is 487 g/mol. The first-order chi connectivity index (χ1) is 15.3. The number of hydrogen-bond acceptors (Lipinski definition) is 6. The highest BCUT2D eigenvalue weighted by Gasteiger charge is 2.39. The highest BCUT2D eigenvalue weighted by atomic mass is 35.5. The Bertz CT molecular complexity index is 957. The molecule has 2 N–H and O–H groups in total. The molecular formula is C23H29ClF2N2O5. The molecule has 1 aliphatic heterocycles. The van der Waals surface area contributed by atoms with Crippen LogP contribution in [0.4, 0.5) is 8.78 Å². The van der Waals surface area contributed by atoms with Gasteiger partial charge in [-0.05, 0) is 37.1 Å². The Balaban J connectivity index is 0.00000385. The second kappa shape index (κ2) is 11.4. The van der Waals surface area contributed by atoms with E-state index in [0.29, 0.717) is 12.3 Å². The van der Waals surface area contributed by atoms with Gasteiger partial charge in [0.2, 0.25) is 11.5 Å². The van der Waals surface area contributed by atoms with Crippen LogP contribution in [0.5, 0.6) is 28.7 Å². The lowest BCUT2D eigenvalue weighted by Gasteiger charge is -2.33. The molecular weight excluding hydrogens is 458 g/mol. The summed E-state index contributed by atoms with van der Waals surface area (Å²) in [6.45, 7) is 0.109. The second-order valence-corrected chi connectivity index (χ2v) is 7.49. The number of likely N-dealkylation sites (tertiary alicyclic amines) is 1.